The highest BCUT2D eigenvalue weighted by atomic mass is 35.5. The summed E-state index contributed by atoms with van der Waals surface area (Å²) in [5.41, 5.74) is 1.20. The summed E-state index contributed by atoms with van der Waals surface area (Å²) in [6.45, 7) is 3.30. The lowest BCUT2D eigenvalue weighted by atomic mass is 9.94. The minimum absolute atomic E-state index is 0.665. The molecule has 4 heteroatoms. The molecule has 110 valence electrons. The van der Waals surface area contributed by atoms with E-state index in [9.17, 15) is 0 Å². The average molecular weight is 313 g/mol. The second-order valence-corrected chi connectivity index (χ2v) is 6.82. The largest absolute Gasteiger partial charge is 0.312 e. The van der Waals surface area contributed by atoms with Crippen molar-refractivity contribution in [2.75, 3.05) is 13.1 Å². The number of hydrogen-bond donors (Lipinski definition) is 1. The number of halogens is 2. The van der Waals surface area contributed by atoms with E-state index in [0.29, 0.717) is 17.1 Å². The molecule has 2 nitrogen and oxygen atoms in total. The van der Waals surface area contributed by atoms with Gasteiger partial charge in [0.25, 0.3) is 0 Å². The Bertz CT molecular complexity index is 458. The van der Waals surface area contributed by atoms with E-state index in [1.54, 1.807) is 0 Å². The Morgan fingerprint density at radius 1 is 1.15 bits per heavy atom. The van der Waals surface area contributed by atoms with Crippen molar-refractivity contribution in [3.05, 3.63) is 33.8 Å². The fourth-order valence-corrected chi connectivity index (χ4v) is 4.05. The zero-order chi connectivity index (χ0) is 13.9. The van der Waals surface area contributed by atoms with Gasteiger partial charge >= 0.3 is 0 Å². The molecule has 2 fully saturated rings. The van der Waals surface area contributed by atoms with Gasteiger partial charge < -0.3 is 5.32 Å². The third-order valence-electron chi connectivity index (χ3n) is 4.62. The highest BCUT2D eigenvalue weighted by molar-refractivity contribution is 6.35. The van der Waals surface area contributed by atoms with Crippen molar-refractivity contribution in [1.29, 1.82) is 0 Å². The summed E-state index contributed by atoms with van der Waals surface area (Å²) in [4.78, 5) is 2.61. The Morgan fingerprint density at radius 2 is 2.05 bits per heavy atom. The molecular formula is C16H22Cl2N2. The molecule has 1 aromatic carbocycles. The van der Waals surface area contributed by atoms with Crippen LogP contribution in [0.1, 0.15) is 37.7 Å². The van der Waals surface area contributed by atoms with Gasteiger partial charge in [0.2, 0.25) is 0 Å². The third kappa shape index (κ3) is 3.30. The Hall–Kier alpha value is -0.280. The molecule has 2 aliphatic heterocycles. The standard InChI is InChI=1S/C16H22Cl2N2/c17-13-7-6-12(14(18)10-13)11-20-9-2-1-5-16(20)15-4-3-8-19-15/h6-7,10,15-16,19H,1-5,8-9,11H2. The van der Waals surface area contributed by atoms with Gasteiger partial charge in [-0.15, -0.1) is 0 Å². The molecule has 0 aliphatic carbocycles. The maximum atomic E-state index is 6.33. The second kappa shape index (κ2) is 6.65. The van der Waals surface area contributed by atoms with Crippen LogP contribution in [0.3, 0.4) is 0 Å². The first-order valence-electron chi connectivity index (χ1n) is 7.65. The summed E-state index contributed by atoms with van der Waals surface area (Å²) >= 11 is 12.3. The molecule has 0 spiro atoms. The van der Waals surface area contributed by atoms with Crippen LogP contribution >= 0.6 is 23.2 Å². The maximum Gasteiger partial charge on any atom is 0.0465 e. The summed E-state index contributed by atoms with van der Waals surface area (Å²) in [6, 6.07) is 7.19. The third-order valence-corrected chi connectivity index (χ3v) is 5.20. The molecule has 2 atom stereocenters. The molecule has 1 aromatic rings. The molecule has 3 rings (SSSR count). The van der Waals surface area contributed by atoms with E-state index in [-0.39, 0.29) is 0 Å². The van der Waals surface area contributed by atoms with Gasteiger partial charge in [-0.25, -0.2) is 0 Å². The molecule has 0 amide bonds. The Kier molecular flexibility index (Phi) is 4.87. The summed E-state index contributed by atoms with van der Waals surface area (Å²) in [5.74, 6) is 0. The number of benzene rings is 1. The van der Waals surface area contributed by atoms with Crippen molar-refractivity contribution >= 4 is 23.2 Å². The van der Waals surface area contributed by atoms with Crippen molar-refractivity contribution in [1.82, 2.24) is 10.2 Å². The number of rotatable bonds is 3. The molecular weight excluding hydrogens is 291 g/mol. The second-order valence-electron chi connectivity index (χ2n) is 5.97. The molecule has 20 heavy (non-hydrogen) atoms. The summed E-state index contributed by atoms with van der Waals surface area (Å²) in [5, 5.41) is 5.18. The molecule has 0 aromatic heterocycles. The first-order chi connectivity index (χ1) is 9.74. The van der Waals surface area contributed by atoms with E-state index in [4.69, 9.17) is 23.2 Å². The topological polar surface area (TPSA) is 15.3 Å². The van der Waals surface area contributed by atoms with Gasteiger partial charge in [0.15, 0.2) is 0 Å². The van der Waals surface area contributed by atoms with Crippen molar-refractivity contribution in [2.24, 2.45) is 0 Å². The van der Waals surface area contributed by atoms with Gasteiger partial charge in [-0.05, 0) is 56.5 Å². The molecule has 2 heterocycles. The first-order valence-corrected chi connectivity index (χ1v) is 8.41. The van der Waals surface area contributed by atoms with Crippen LogP contribution in [0, 0.1) is 0 Å². The fourth-order valence-electron chi connectivity index (χ4n) is 3.58. The van der Waals surface area contributed by atoms with Gasteiger partial charge in [-0.1, -0.05) is 35.7 Å². The van der Waals surface area contributed by atoms with Crippen LogP contribution in [0.25, 0.3) is 0 Å². The van der Waals surface area contributed by atoms with Crippen LogP contribution in [0.5, 0.6) is 0 Å². The quantitative estimate of drug-likeness (QED) is 0.904. The Morgan fingerprint density at radius 3 is 2.80 bits per heavy atom. The Balaban J connectivity index is 1.72. The van der Waals surface area contributed by atoms with Gasteiger partial charge in [-0.3, -0.25) is 4.90 Å². The van der Waals surface area contributed by atoms with Crippen LogP contribution in [0.15, 0.2) is 18.2 Å². The van der Waals surface area contributed by atoms with E-state index in [0.717, 1.165) is 11.6 Å². The number of nitrogens with one attached hydrogen (secondary N) is 1. The van der Waals surface area contributed by atoms with Crippen LogP contribution in [-0.4, -0.2) is 30.1 Å². The lowest BCUT2D eigenvalue weighted by Crippen LogP contribution is -2.49. The summed E-state index contributed by atoms with van der Waals surface area (Å²) in [7, 11) is 0. The number of piperidine rings is 1. The molecule has 0 radical (unpaired) electrons. The van der Waals surface area contributed by atoms with E-state index in [1.165, 1.54) is 50.8 Å². The lowest BCUT2D eigenvalue weighted by molar-refractivity contribution is 0.112. The molecule has 2 saturated heterocycles. The average Bonchev–Trinajstić information content (AvgIpc) is 2.96. The minimum Gasteiger partial charge on any atom is -0.312 e. The molecule has 1 N–H and O–H groups in total. The van der Waals surface area contributed by atoms with E-state index in [1.807, 2.05) is 12.1 Å². The normalized spacial score (nSPS) is 27.9. The zero-order valence-electron chi connectivity index (χ0n) is 11.7. The number of nitrogens with zero attached hydrogens (tertiary/aromatic N) is 1. The molecule has 2 unspecified atom stereocenters. The zero-order valence-corrected chi connectivity index (χ0v) is 13.3. The lowest BCUT2D eigenvalue weighted by Gasteiger charge is -2.39. The number of likely N-dealkylation sites (tertiary alicyclic amines) is 1. The van der Waals surface area contributed by atoms with Crippen molar-refractivity contribution in [3.8, 4) is 0 Å². The van der Waals surface area contributed by atoms with Crippen LogP contribution in [0.2, 0.25) is 10.0 Å². The van der Waals surface area contributed by atoms with Gasteiger partial charge in [-0.2, -0.15) is 0 Å². The first kappa shape index (κ1) is 14.6. The fraction of sp³-hybridized carbons (Fsp3) is 0.625. The smallest absolute Gasteiger partial charge is 0.0465 e. The molecule has 2 aliphatic rings. The van der Waals surface area contributed by atoms with Crippen LogP contribution in [0.4, 0.5) is 0 Å². The number of hydrogen-bond acceptors (Lipinski definition) is 2. The Labute approximate surface area is 131 Å². The monoisotopic (exact) mass is 312 g/mol. The van der Waals surface area contributed by atoms with E-state index < -0.39 is 0 Å². The summed E-state index contributed by atoms with van der Waals surface area (Å²) < 4.78 is 0. The van der Waals surface area contributed by atoms with Gasteiger partial charge in [0.1, 0.15) is 0 Å². The van der Waals surface area contributed by atoms with Crippen molar-refractivity contribution in [3.63, 3.8) is 0 Å². The summed E-state index contributed by atoms with van der Waals surface area (Å²) in [6.07, 6.45) is 6.59. The van der Waals surface area contributed by atoms with Crippen molar-refractivity contribution < 1.29 is 0 Å². The molecule has 0 bridgehead atoms. The highest BCUT2D eigenvalue weighted by Gasteiger charge is 2.31. The van der Waals surface area contributed by atoms with Gasteiger partial charge in [0.05, 0.1) is 0 Å². The highest BCUT2D eigenvalue weighted by Crippen LogP contribution is 2.28. The molecule has 0 saturated carbocycles. The van der Waals surface area contributed by atoms with Crippen LogP contribution in [-0.2, 0) is 6.54 Å². The predicted molar refractivity (Wildman–Crippen MR) is 85.5 cm³/mol. The predicted octanol–water partition coefficient (Wildman–Crippen LogP) is 4.10. The van der Waals surface area contributed by atoms with Crippen LogP contribution < -0.4 is 5.32 Å². The maximum absolute atomic E-state index is 6.33. The van der Waals surface area contributed by atoms with E-state index in [2.05, 4.69) is 16.3 Å². The SMILES string of the molecule is Clc1ccc(CN2CCCCC2C2CCCN2)c(Cl)c1. The van der Waals surface area contributed by atoms with Crippen molar-refractivity contribution in [2.45, 2.75) is 50.7 Å². The van der Waals surface area contributed by atoms with E-state index >= 15 is 0 Å². The minimum atomic E-state index is 0.665. The van der Waals surface area contributed by atoms with Gasteiger partial charge in [0, 0.05) is 28.7 Å².